The summed E-state index contributed by atoms with van der Waals surface area (Å²) < 4.78 is 1.03. The quantitative estimate of drug-likeness (QED) is 0.631. The number of pyridine rings is 1. The summed E-state index contributed by atoms with van der Waals surface area (Å²) in [5.74, 6) is 0. The molecule has 1 rings (SSSR count). The molecule has 1 aromatic heterocycles. The van der Waals surface area contributed by atoms with Crippen LogP contribution in [-0.4, -0.2) is 12.8 Å². The molecule has 0 bridgehead atoms. The van der Waals surface area contributed by atoms with Gasteiger partial charge in [0, 0.05) is 9.89 Å². The van der Waals surface area contributed by atoms with Gasteiger partial charge in [-0.15, -0.1) is 0 Å². The molecule has 0 atom stereocenters. The zero-order valence-corrected chi connectivity index (χ0v) is 10.1. The average Bonchev–Trinajstić information content (AvgIpc) is 1.94. The van der Waals surface area contributed by atoms with Gasteiger partial charge in [0.2, 0.25) is 0 Å². The van der Waals surface area contributed by atoms with Crippen LogP contribution in [0.1, 0.15) is 32.0 Å². The molecule has 1 aromatic rings. The molecule has 0 aliphatic heterocycles. The molecular weight excluding hydrogens is 225 g/mol. The number of hydrogen-bond acceptors (Lipinski definition) is 1. The van der Waals surface area contributed by atoms with E-state index in [1.807, 2.05) is 13.0 Å². The van der Waals surface area contributed by atoms with E-state index in [9.17, 15) is 0 Å². The van der Waals surface area contributed by atoms with Crippen molar-refractivity contribution in [2.45, 2.75) is 33.1 Å². The lowest BCUT2D eigenvalue weighted by Gasteiger charge is -2.20. The zero-order valence-electron chi connectivity index (χ0n) is 8.48. The Morgan fingerprint density at radius 1 is 1.38 bits per heavy atom. The van der Waals surface area contributed by atoms with Gasteiger partial charge in [0.1, 0.15) is 7.85 Å². The van der Waals surface area contributed by atoms with Crippen LogP contribution < -0.4 is 5.59 Å². The molecule has 0 saturated carbocycles. The number of aromatic nitrogens is 1. The summed E-state index contributed by atoms with van der Waals surface area (Å²) >= 11 is 3.50. The zero-order chi connectivity index (χ0) is 10.2. The Hall–Kier alpha value is -0.305. The molecule has 0 N–H and O–H groups in total. The Morgan fingerprint density at radius 3 is 2.38 bits per heavy atom. The summed E-state index contributed by atoms with van der Waals surface area (Å²) in [6, 6.07) is 2.02. The predicted molar refractivity (Wildman–Crippen MR) is 60.8 cm³/mol. The van der Waals surface area contributed by atoms with Crippen LogP contribution in [0.3, 0.4) is 0 Å². The summed E-state index contributed by atoms with van der Waals surface area (Å²) in [6.45, 7) is 8.32. The van der Waals surface area contributed by atoms with Crippen LogP contribution >= 0.6 is 15.9 Å². The maximum Gasteiger partial charge on any atom is 0.142 e. The third-order valence-electron chi connectivity index (χ3n) is 1.92. The van der Waals surface area contributed by atoms with Gasteiger partial charge in [-0.3, -0.25) is 4.98 Å². The van der Waals surface area contributed by atoms with Crippen LogP contribution in [0.15, 0.2) is 10.5 Å². The second-order valence-corrected chi connectivity index (χ2v) is 5.13. The number of nitrogens with zero attached hydrogens (tertiary/aromatic N) is 1. The van der Waals surface area contributed by atoms with E-state index in [2.05, 4.69) is 41.7 Å². The molecule has 3 heteroatoms. The Labute approximate surface area is 89.5 Å². The van der Waals surface area contributed by atoms with Gasteiger partial charge in [-0.05, 0) is 40.1 Å². The standard InChI is InChI=1S/C10H13BBrN/c1-6-5-7(12)8(10(2,3)4)13-9(6)11/h5H,1-4H3. The molecule has 0 spiro atoms. The molecule has 0 fully saturated rings. The minimum atomic E-state index is 0.0284. The fourth-order valence-electron chi connectivity index (χ4n) is 1.12. The molecule has 0 amide bonds. The molecule has 0 aliphatic carbocycles. The van der Waals surface area contributed by atoms with E-state index < -0.39 is 0 Å². The highest BCUT2D eigenvalue weighted by Gasteiger charge is 2.19. The Balaban J connectivity index is 3.32. The van der Waals surface area contributed by atoms with Crippen molar-refractivity contribution in [3.8, 4) is 0 Å². The third-order valence-corrected chi connectivity index (χ3v) is 2.52. The van der Waals surface area contributed by atoms with Crippen molar-refractivity contribution in [2.75, 3.05) is 0 Å². The second-order valence-electron chi connectivity index (χ2n) is 4.27. The highest BCUT2D eigenvalue weighted by molar-refractivity contribution is 9.10. The first-order valence-corrected chi connectivity index (χ1v) is 5.05. The van der Waals surface area contributed by atoms with Crippen LogP contribution in [0.4, 0.5) is 0 Å². The summed E-state index contributed by atoms with van der Waals surface area (Å²) in [6.07, 6.45) is 0. The molecule has 0 aliphatic rings. The van der Waals surface area contributed by atoms with Crippen molar-refractivity contribution in [1.82, 2.24) is 4.98 Å². The van der Waals surface area contributed by atoms with Crippen LogP contribution in [-0.2, 0) is 5.41 Å². The molecule has 68 valence electrons. The summed E-state index contributed by atoms with van der Waals surface area (Å²) in [5.41, 5.74) is 2.67. The van der Waals surface area contributed by atoms with E-state index in [0.717, 1.165) is 15.7 Å². The first-order valence-electron chi connectivity index (χ1n) is 4.25. The third kappa shape index (κ3) is 2.34. The smallest absolute Gasteiger partial charge is 0.142 e. The fourth-order valence-corrected chi connectivity index (χ4v) is 2.15. The number of rotatable bonds is 0. The lowest BCUT2D eigenvalue weighted by Crippen LogP contribution is -2.22. The minimum Gasteiger partial charge on any atom is -0.267 e. The first-order chi connectivity index (χ1) is 5.82. The SMILES string of the molecule is [B]c1nc(C(C)(C)C)c(Br)cc1C. The normalized spacial score (nSPS) is 11.8. The first kappa shape index (κ1) is 10.8. The maximum atomic E-state index is 5.75. The van der Waals surface area contributed by atoms with Crippen molar-refractivity contribution in [3.63, 3.8) is 0 Å². The van der Waals surface area contributed by atoms with Crippen molar-refractivity contribution in [3.05, 3.63) is 21.8 Å². The van der Waals surface area contributed by atoms with E-state index in [1.165, 1.54) is 0 Å². The van der Waals surface area contributed by atoms with E-state index in [-0.39, 0.29) is 5.41 Å². The Bertz CT molecular complexity index is 328. The largest absolute Gasteiger partial charge is 0.267 e. The van der Waals surface area contributed by atoms with Crippen LogP contribution in [0.25, 0.3) is 0 Å². The molecule has 0 saturated heterocycles. The second kappa shape index (κ2) is 3.45. The molecule has 2 radical (unpaired) electrons. The van der Waals surface area contributed by atoms with Crippen molar-refractivity contribution < 1.29 is 0 Å². The molecule has 1 nitrogen and oxygen atoms in total. The summed E-state index contributed by atoms with van der Waals surface area (Å²) in [5, 5.41) is 0. The van der Waals surface area contributed by atoms with Gasteiger partial charge >= 0.3 is 0 Å². The van der Waals surface area contributed by atoms with E-state index in [4.69, 9.17) is 7.85 Å². The molecular formula is C10H13BBrN. The van der Waals surface area contributed by atoms with E-state index in [0.29, 0.717) is 5.59 Å². The number of hydrogen-bond donors (Lipinski definition) is 0. The Morgan fingerprint density at radius 2 is 1.92 bits per heavy atom. The maximum absolute atomic E-state index is 5.75. The fraction of sp³-hybridized carbons (Fsp3) is 0.500. The highest BCUT2D eigenvalue weighted by atomic mass is 79.9. The minimum absolute atomic E-state index is 0.0284. The predicted octanol–water partition coefficient (Wildman–Crippen LogP) is 2.24. The summed E-state index contributed by atoms with van der Waals surface area (Å²) in [4.78, 5) is 4.37. The van der Waals surface area contributed by atoms with Gasteiger partial charge in [0.05, 0.1) is 5.69 Å². The van der Waals surface area contributed by atoms with Crippen LogP contribution in [0, 0.1) is 6.92 Å². The molecule has 0 aromatic carbocycles. The molecule has 0 unspecified atom stereocenters. The van der Waals surface area contributed by atoms with Gasteiger partial charge in [-0.2, -0.15) is 0 Å². The topological polar surface area (TPSA) is 12.9 Å². The highest BCUT2D eigenvalue weighted by Crippen LogP contribution is 2.27. The Kier molecular flexibility index (Phi) is 2.86. The van der Waals surface area contributed by atoms with Gasteiger partial charge in [-0.25, -0.2) is 0 Å². The van der Waals surface area contributed by atoms with Crippen LogP contribution in [0.5, 0.6) is 0 Å². The molecule has 1 heterocycles. The van der Waals surface area contributed by atoms with Crippen molar-refractivity contribution in [2.24, 2.45) is 0 Å². The molecule has 13 heavy (non-hydrogen) atoms. The van der Waals surface area contributed by atoms with Gasteiger partial charge in [-0.1, -0.05) is 20.8 Å². The summed E-state index contributed by atoms with van der Waals surface area (Å²) in [7, 11) is 5.75. The number of aryl methyl sites for hydroxylation is 1. The van der Waals surface area contributed by atoms with Gasteiger partial charge < -0.3 is 0 Å². The number of halogens is 1. The average molecular weight is 238 g/mol. The van der Waals surface area contributed by atoms with E-state index in [1.54, 1.807) is 0 Å². The van der Waals surface area contributed by atoms with Gasteiger partial charge in [0.15, 0.2) is 0 Å². The lowest BCUT2D eigenvalue weighted by atomic mass is 9.89. The lowest BCUT2D eigenvalue weighted by molar-refractivity contribution is 0.567. The monoisotopic (exact) mass is 237 g/mol. The van der Waals surface area contributed by atoms with Crippen LogP contribution in [0.2, 0.25) is 0 Å². The van der Waals surface area contributed by atoms with Gasteiger partial charge in [0.25, 0.3) is 0 Å². The van der Waals surface area contributed by atoms with Crippen molar-refractivity contribution in [1.29, 1.82) is 0 Å². The van der Waals surface area contributed by atoms with E-state index >= 15 is 0 Å². The van der Waals surface area contributed by atoms with Crippen molar-refractivity contribution >= 4 is 29.4 Å².